The Morgan fingerprint density at radius 2 is 1.12 bits per heavy atom. The third kappa shape index (κ3) is 3.18. The van der Waals surface area contributed by atoms with Gasteiger partial charge in [-0.05, 0) is 38.1 Å². The number of para-hydroxylation sites is 2. The third-order valence-corrected chi connectivity index (χ3v) is 5.90. The van der Waals surface area contributed by atoms with E-state index in [1.807, 2.05) is 62.4 Å². The first-order valence-electron chi connectivity index (χ1n) is 8.52. The molecule has 0 spiro atoms. The quantitative estimate of drug-likeness (QED) is 0.417. The summed E-state index contributed by atoms with van der Waals surface area (Å²) in [5, 5.41) is 1.87. The van der Waals surface area contributed by atoms with Crippen molar-refractivity contribution in [1.82, 2.24) is 9.97 Å². The van der Waals surface area contributed by atoms with Crippen LogP contribution in [0.5, 0.6) is 11.5 Å². The molecule has 0 unspecified atom stereocenters. The first kappa shape index (κ1) is 17.0. The van der Waals surface area contributed by atoms with Crippen LogP contribution in [0.25, 0.3) is 30.8 Å². The fraction of sp³-hybridized carbons (Fsp3) is 0.200. The van der Waals surface area contributed by atoms with Crippen molar-refractivity contribution in [2.45, 2.75) is 13.8 Å². The lowest BCUT2D eigenvalue weighted by Gasteiger charge is -2.07. The zero-order valence-electron chi connectivity index (χ0n) is 14.6. The molecule has 4 nitrogen and oxygen atoms in total. The fourth-order valence-corrected chi connectivity index (χ4v) is 4.82. The zero-order chi connectivity index (χ0) is 17.9. The van der Waals surface area contributed by atoms with Gasteiger partial charge in [0, 0.05) is 0 Å². The SMILES string of the molecule is CCOc1ccccc1-c1nc2sc(-c3ccccc3OCC)nc2s1. The average molecular weight is 383 g/mol. The minimum atomic E-state index is 0.632. The average Bonchev–Trinajstić information content (AvgIpc) is 3.22. The number of benzene rings is 2. The second kappa shape index (κ2) is 7.43. The van der Waals surface area contributed by atoms with E-state index < -0.39 is 0 Å². The van der Waals surface area contributed by atoms with Crippen molar-refractivity contribution in [2.24, 2.45) is 0 Å². The minimum Gasteiger partial charge on any atom is -0.493 e. The maximum Gasteiger partial charge on any atom is 0.155 e. The Morgan fingerprint density at radius 3 is 1.54 bits per heavy atom. The molecule has 0 radical (unpaired) electrons. The van der Waals surface area contributed by atoms with Gasteiger partial charge in [0.25, 0.3) is 0 Å². The van der Waals surface area contributed by atoms with Crippen LogP contribution >= 0.6 is 22.7 Å². The van der Waals surface area contributed by atoms with E-state index in [-0.39, 0.29) is 0 Å². The number of aromatic nitrogens is 2. The number of hydrogen-bond acceptors (Lipinski definition) is 6. The molecule has 0 N–H and O–H groups in total. The smallest absolute Gasteiger partial charge is 0.155 e. The van der Waals surface area contributed by atoms with Crippen LogP contribution in [0.3, 0.4) is 0 Å². The van der Waals surface area contributed by atoms with Crippen LogP contribution in [0, 0.1) is 0 Å². The summed E-state index contributed by atoms with van der Waals surface area (Å²) < 4.78 is 11.5. The molecule has 0 saturated heterocycles. The molecule has 0 saturated carbocycles. The first-order chi connectivity index (χ1) is 12.8. The van der Waals surface area contributed by atoms with Gasteiger partial charge in [0.1, 0.15) is 21.5 Å². The Kier molecular flexibility index (Phi) is 4.86. The molecule has 0 aliphatic rings. The topological polar surface area (TPSA) is 44.2 Å². The van der Waals surface area contributed by atoms with Gasteiger partial charge in [-0.25, -0.2) is 9.97 Å². The van der Waals surface area contributed by atoms with Crippen LogP contribution < -0.4 is 9.47 Å². The minimum absolute atomic E-state index is 0.632. The number of fused-ring (bicyclic) bond motifs is 1. The molecule has 2 aromatic heterocycles. The van der Waals surface area contributed by atoms with E-state index in [0.29, 0.717) is 13.2 Å². The first-order valence-corrected chi connectivity index (χ1v) is 10.1. The second-order valence-corrected chi connectivity index (χ2v) is 7.46. The monoisotopic (exact) mass is 382 g/mol. The molecule has 0 amide bonds. The van der Waals surface area contributed by atoms with Gasteiger partial charge in [0.15, 0.2) is 9.66 Å². The molecule has 26 heavy (non-hydrogen) atoms. The van der Waals surface area contributed by atoms with Crippen LogP contribution in [0.1, 0.15) is 13.8 Å². The van der Waals surface area contributed by atoms with Gasteiger partial charge in [-0.15, -0.1) is 0 Å². The standard InChI is InChI=1S/C20H18N2O2S2/c1-3-23-15-11-7-5-9-13(15)17-21-19-20(25-17)22-18(26-19)14-10-6-8-12-16(14)24-4-2/h5-12H,3-4H2,1-2H3. The molecule has 132 valence electrons. The highest BCUT2D eigenvalue weighted by atomic mass is 32.1. The zero-order valence-corrected chi connectivity index (χ0v) is 16.2. The highest BCUT2D eigenvalue weighted by molar-refractivity contribution is 7.29. The van der Waals surface area contributed by atoms with Crippen LogP contribution in [-0.2, 0) is 0 Å². The maximum absolute atomic E-state index is 5.73. The summed E-state index contributed by atoms with van der Waals surface area (Å²) >= 11 is 3.18. The molecule has 6 heteroatoms. The van der Waals surface area contributed by atoms with Gasteiger partial charge in [-0.2, -0.15) is 0 Å². The Bertz CT molecular complexity index is 929. The summed E-state index contributed by atoms with van der Waals surface area (Å²) in [6, 6.07) is 16.0. The highest BCUT2D eigenvalue weighted by Crippen LogP contribution is 2.41. The van der Waals surface area contributed by atoms with Crippen molar-refractivity contribution in [3.05, 3.63) is 48.5 Å². The van der Waals surface area contributed by atoms with Crippen molar-refractivity contribution in [2.75, 3.05) is 13.2 Å². The molecular weight excluding hydrogens is 364 g/mol. The molecule has 2 aromatic carbocycles. The Balaban J connectivity index is 1.73. The van der Waals surface area contributed by atoms with Crippen molar-refractivity contribution in [1.29, 1.82) is 0 Å². The molecule has 0 aliphatic carbocycles. The molecule has 4 rings (SSSR count). The summed E-state index contributed by atoms with van der Waals surface area (Å²) in [5.74, 6) is 1.72. The van der Waals surface area contributed by atoms with Gasteiger partial charge < -0.3 is 9.47 Å². The molecule has 0 atom stereocenters. The van der Waals surface area contributed by atoms with Crippen LogP contribution in [0.2, 0.25) is 0 Å². The Labute approximate surface area is 160 Å². The van der Waals surface area contributed by atoms with E-state index >= 15 is 0 Å². The predicted octanol–water partition coefficient (Wildman–Crippen LogP) is 5.88. The summed E-state index contributed by atoms with van der Waals surface area (Å²) in [6.45, 7) is 5.24. The number of rotatable bonds is 6. The van der Waals surface area contributed by atoms with Gasteiger partial charge in [0.2, 0.25) is 0 Å². The highest BCUT2D eigenvalue weighted by Gasteiger charge is 2.17. The Hall–Kier alpha value is -2.44. The van der Waals surface area contributed by atoms with E-state index in [4.69, 9.17) is 19.4 Å². The van der Waals surface area contributed by atoms with Gasteiger partial charge in [-0.3, -0.25) is 0 Å². The predicted molar refractivity (Wildman–Crippen MR) is 109 cm³/mol. The van der Waals surface area contributed by atoms with E-state index in [9.17, 15) is 0 Å². The molecule has 0 fully saturated rings. The number of nitrogens with zero attached hydrogens (tertiary/aromatic N) is 2. The fourth-order valence-electron chi connectivity index (χ4n) is 2.72. The summed E-state index contributed by atoms with van der Waals surface area (Å²) in [5.41, 5.74) is 2.03. The van der Waals surface area contributed by atoms with Gasteiger partial charge >= 0.3 is 0 Å². The molecular formula is C20H18N2O2S2. The Morgan fingerprint density at radius 1 is 0.692 bits per heavy atom. The van der Waals surface area contributed by atoms with Crippen molar-refractivity contribution in [3.63, 3.8) is 0 Å². The normalized spacial score (nSPS) is 11.0. The lowest BCUT2D eigenvalue weighted by Crippen LogP contribution is -1.93. The van der Waals surface area contributed by atoms with E-state index in [2.05, 4.69) is 0 Å². The number of ether oxygens (including phenoxy) is 2. The molecule has 0 bridgehead atoms. The summed E-state index contributed by atoms with van der Waals surface area (Å²) in [6.07, 6.45) is 0. The number of thiazole rings is 2. The molecule has 2 heterocycles. The number of hydrogen-bond donors (Lipinski definition) is 0. The third-order valence-electron chi connectivity index (χ3n) is 3.81. The van der Waals surface area contributed by atoms with E-state index in [0.717, 1.165) is 42.3 Å². The molecule has 0 aliphatic heterocycles. The summed E-state index contributed by atoms with van der Waals surface area (Å²) in [4.78, 5) is 11.5. The lowest BCUT2D eigenvalue weighted by atomic mass is 10.2. The van der Waals surface area contributed by atoms with Gasteiger partial charge in [0.05, 0.1) is 24.3 Å². The van der Waals surface area contributed by atoms with E-state index in [1.165, 1.54) is 0 Å². The van der Waals surface area contributed by atoms with Crippen molar-refractivity contribution >= 4 is 32.3 Å². The van der Waals surface area contributed by atoms with Crippen molar-refractivity contribution < 1.29 is 9.47 Å². The van der Waals surface area contributed by atoms with Crippen LogP contribution in [-0.4, -0.2) is 23.2 Å². The lowest BCUT2D eigenvalue weighted by molar-refractivity contribution is 0.341. The van der Waals surface area contributed by atoms with Crippen molar-refractivity contribution in [3.8, 4) is 32.6 Å². The van der Waals surface area contributed by atoms with Crippen LogP contribution in [0.15, 0.2) is 48.5 Å². The summed E-state index contributed by atoms with van der Waals surface area (Å²) in [7, 11) is 0. The van der Waals surface area contributed by atoms with E-state index in [1.54, 1.807) is 22.7 Å². The second-order valence-electron chi connectivity index (χ2n) is 5.51. The van der Waals surface area contributed by atoms with Crippen LogP contribution in [0.4, 0.5) is 0 Å². The largest absolute Gasteiger partial charge is 0.493 e. The maximum atomic E-state index is 5.73. The molecule has 4 aromatic rings. The van der Waals surface area contributed by atoms with Gasteiger partial charge in [-0.1, -0.05) is 46.9 Å².